The van der Waals surface area contributed by atoms with Gasteiger partial charge in [-0.15, -0.1) is 0 Å². The molecule has 2 heteroatoms. The van der Waals surface area contributed by atoms with E-state index in [-0.39, 0.29) is 12.4 Å². The molecule has 0 heterocycles. The van der Waals surface area contributed by atoms with Crippen molar-refractivity contribution >= 4 is 5.78 Å². The van der Waals surface area contributed by atoms with E-state index in [1.807, 2.05) is 44.2 Å². The maximum Gasteiger partial charge on any atom is 0.200 e. The van der Waals surface area contributed by atoms with Crippen LogP contribution < -0.4 is 4.74 Å². The van der Waals surface area contributed by atoms with Crippen LogP contribution in [0.3, 0.4) is 0 Å². The molecule has 0 aliphatic carbocycles. The Kier molecular flexibility index (Phi) is 4.79. The molecule has 0 aliphatic heterocycles. The number of aryl methyl sites for hydroxylation is 2. The van der Waals surface area contributed by atoms with Gasteiger partial charge in [0.25, 0.3) is 0 Å². The largest absolute Gasteiger partial charge is 0.485 e. The third-order valence-electron chi connectivity index (χ3n) is 3.49. The highest BCUT2D eigenvalue weighted by Gasteiger charge is 2.11. The standard InChI is InChI=1S/C19H22O2/c1-13(2)17-9-8-15(4)11-19(17)21-12-18(20)16-7-5-6-14(3)10-16/h5-11,13H,12H2,1-4H3. The van der Waals surface area contributed by atoms with Crippen LogP contribution in [0.5, 0.6) is 5.75 Å². The lowest BCUT2D eigenvalue weighted by atomic mass is 10.0. The number of ether oxygens (including phenoxy) is 1. The fourth-order valence-electron chi connectivity index (χ4n) is 2.29. The Hall–Kier alpha value is -2.09. The van der Waals surface area contributed by atoms with Gasteiger partial charge in [-0.2, -0.15) is 0 Å². The number of carbonyl (C=O) groups excluding carboxylic acids is 1. The Morgan fingerprint density at radius 2 is 1.76 bits per heavy atom. The summed E-state index contributed by atoms with van der Waals surface area (Å²) in [4.78, 5) is 12.2. The van der Waals surface area contributed by atoms with Crippen molar-refractivity contribution in [3.05, 3.63) is 64.7 Å². The van der Waals surface area contributed by atoms with Crippen molar-refractivity contribution < 1.29 is 9.53 Å². The minimum atomic E-state index is 0.00918. The molecule has 0 amide bonds. The fourth-order valence-corrected chi connectivity index (χ4v) is 2.29. The first-order valence-electron chi connectivity index (χ1n) is 7.30. The van der Waals surface area contributed by atoms with Crippen LogP contribution in [0.4, 0.5) is 0 Å². The number of hydrogen-bond acceptors (Lipinski definition) is 2. The molecule has 0 saturated heterocycles. The summed E-state index contributed by atoms with van der Waals surface area (Å²) in [5, 5.41) is 0. The molecule has 0 fully saturated rings. The molecule has 21 heavy (non-hydrogen) atoms. The third-order valence-corrected chi connectivity index (χ3v) is 3.49. The Morgan fingerprint density at radius 1 is 1.05 bits per heavy atom. The number of ketones is 1. The molecule has 0 atom stereocenters. The van der Waals surface area contributed by atoms with E-state index in [1.54, 1.807) is 0 Å². The maximum atomic E-state index is 12.2. The molecule has 110 valence electrons. The van der Waals surface area contributed by atoms with Crippen LogP contribution in [0.2, 0.25) is 0 Å². The predicted octanol–water partition coefficient (Wildman–Crippen LogP) is 4.69. The summed E-state index contributed by atoms with van der Waals surface area (Å²) in [5.74, 6) is 1.19. The van der Waals surface area contributed by atoms with Crippen LogP contribution in [0.15, 0.2) is 42.5 Å². The Bertz CT molecular complexity index is 642. The van der Waals surface area contributed by atoms with Gasteiger partial charge in [0.15, 0.2) is 12.4 Å². The number of hydrogen-bond donors (Lipinski definition) is 0. The van der Waals surface area contributed by atoms with Crippen LogP contribution in [0.25, 0.3) is 0 Å². The van der Waals surface area contributed by atoms with Gasteiger partial charge in [-0.05, 0) is 43.0 Å². The second-order valence-electron chi connectivity index (χ2n) is 5.78. The molecule has 0 radical (unpaired) electrons. The van der Waals surface area contributed by atoms with E-state index in [0.717, 1.165) is 22.4 Å². The van der Waals surface area contributed by atoms with Gasteiger partial charge in [-0.3, -0.25) is 4.79 Å². The van der Waals surface area contributed by atoms with Gasteiger partial charge in [0.1, 0.15) is 5.75 Å². The van der Waals surface area contributed by atoms with Gasteiger partial charge in [0, 0.05) is 5.56 Å². The molecule has 2 nitrogen and oxygen atoms in total. The number of benzene rings is 2. The van der Waals surface area contributed by atoms with Gasteiger partial charge in [-0.1, -0.05) is 49.7 Å². The van der Waals surface area contributed by atoms with Crippen molar-refractivity contribution in [3.8, 4) is 5.75 Å². The zero-order chi connectivity index (χ0) is 15.4. The summed E-state index contributed by atoms with van der Waals surface area (Å²) in [6, 6.07) is 13.8. The molecular formula is C19H22O2. The zero-order valence-corrected chi connectivity index (χ0v) is 13.1. The zero-order valence-electron chi connectivity index (χ0n) is 13.1. The molecule has 0 unspecified atom stereocenters. The average Bonchev–Trinajstić information content (AvgIpc) is 2.44. The molecule has 0 saturated carbocycles. The van der Waals surface area contributed by atoms with Gasteiger partial charge in [-0.25, -0.2) is 0 Å². The quantitative estimate of drug-likeness (QED) is 0.744. The summed E-state index contributed by atoms with van der Waals surface area (Å²) in [5.41, 5.74) is 4.06. The molecule has 2 aromatic rings. The van der Waals surface area contributed by atoms with E-state index < -0.39 is 0 Å². The van der Waals surface area contributed by atoms with E-state index >= 15 is 0 Å². The molecule has 2 rings (SSSR count). The minimum absolute atomic E-state index is 0.00918. The van der Waals surface area contributed by atoms with Crippen molar-refractivity contribution in [2.45, 2.75) is 33.6 Å². The smallest absolute Gasteiger partial charge is 0.200 e. The van der Waals surface area contributed by atoms with Crippen molar-refractivity contribution in [2.75, 3.05) is 6.61 Å². The Labute approximate surface area is 126 Å². The number of carbonyl (C=O) groups is 1. The van der Waals surface area contributed by atoms with Crippen molar-refractivity contribution in [2.24, 2.45) is 0 Å². The number of rotatable bonds is 5. The van der Waals surface area contributed by atoms with Gasteiger partial charge in [0.05, 0.1) is 0 Å². The van der Waals surface area contributed by atoms with E-state index in [4.69, 9.17) is 4.74 Å². The van der Waals surface area contributed by atoms with Gasteiger partial charge in [0.2, 0.25) is 0 Å². The first kappa shape index (κ1) is 15.3. The molecule has 0 N–H and O–H groups in total. The molecule has 0 aromatic heterocycles. The molecule has 2 aromatic carbocycles. The third kappa shape index (κ3) is 3.94. The molecule has 0 aliphatic rings. The number of Topliss-reactive ketones (excluding diaryl/α,β-unsaturated/α-hetero) is 1. The van der Waals surface area contributed by atoms with Crippen molar-refractivity contribution in [1.29, 1.82) is 0 Å². The van der Waals surface area contributed by atoms with Crippen molar-refractivity contribution in [3.63, 3.8) is 0 Å². The predicted molar refractivity (Wildman–Crippen MR) is 86.3 cm³/mol. The second-order valence-corrected chi connectivity index (χ2v) is 5.78. The van der Waals surface area contributed by atoms with E-state index in [1.165, 1.54) is 0 Å². The second kappa shape index (κ2) is 6.57. The fraction of sp³-hybridized carbons (Fsp3) is 0.316. The summed E-state index contributed by atoms with van der Waals surface area (Å²) in [6.07, 6.45) is 0. The van der Waals surface area contributed by atoms with Crippen molar-refractivity contribution in [1.82, 2.24) is 0 Å². The molecule has 0 bridgehead atoms. The normalized spacial score (nSPS) is 10.7. The van der Waals surface area contributed by atoms with Crippen LogP contribution in [0.1, 0.15) is 46.8 Å². The topological polar surface area (TPSA) is 26.3 Å². The highest BCUT2D eigenvalue weighted by atomic mass is 16.5. The van der Waals surface area contributed by atoms with Gasteiger partial charge >= 0.3 is 0 Å². The summed E-state index contributed by atoms with van der Waals surface area (Å²) in [6.45, 7) is 8.33. The summed E-state index contributed by atoms with van der Waals surface area (Å²) >= 11 is 0. The average molecular weight is 282 g/mol. The Morgan fingerprint density at radius 3 is 2.43 bits per heavy atom. The Balaban J connectivity index is 2.13. The van der Waals surface area contributed by atoms with Crippen LogP contribution in [-0.2, 0) is 0 Å². The molecular weight excluding hydrogens is 260 g/mol. The van der Waals surface area contributed by atoms with Gasteiger partial charge < -0.3 is 4.74 Å². The SMILES string of the molecule is Cc1cccc(C(=O)COc2cc(C)ccc2C(C)C)c1. The maximum absolute atomic E-state index is 12.2. The van der Waals surface area contributed by atoms with E-state index in [0.29, 0.717) is 11.5 Å². The van der Waals surface area contributed by atoms with Crippen LogP contribution in [0, 0.1) is 13.8 Å². The lowest BCUT2D eigenvalue weighted by molar-refractivity contribution is 0.0920. The first-order chi connectivity index (χ1) is 9.97. The highest BCUT2D eigenvalue weighted by molar-refractivity contribution is 5.97. The monoisotopic (exact) mass is 282 g/mol. The van der Waals surface area contributed by atoms with Crippen LogP contribution in [-0.4, -0.2) is 12.4 Å². The van der Waals surface area contributed by atoms with E-state index in [2.05, 4.69) is 26.0 Å². The minimum Gasteiger partial charge on any atom is -0.485 e. The lowest BCUT2D eigenvalue weighted by Crippen LogP contribution is -2.13. The summed E-state index contributed by atoms with van der Waals surface area (Å²) in [7, 11) is 0. The summed E-state index contributed by atoms with van der Waals surface area (Å²) < 4.78 is 5.79. The van der Waals surface area contributed by atoms with Crippen LogP contribution >= 0.6 is 0 Å². The lowest BCUT2D eigenvalue weighted by Gasteiger charge is -2.14. The first-order valence-corrected chi connectivity index (χ1v) is 7.30. The molecule has 0 spiro atoms. The van der Waals surface area contributed by atoms with E-state index in [9.17, 15) is 4.79 Å². The highest BCUT2D eigenvalue weighted by Crippen LogP contribution is 2.27.